The fourth-order valence-electron chi connectivity index (χ4n) is 2.08. The van der Waals surface area contributed by atoms with Crippen LogP contribution >= 0.6 is 0 Å². The summed E-state index contributed by atoms with van der Waals surface area (Å²) in [5.41, 5.74) is 0.211. The summed E-state index contributed by atoms with van der Waals surface area (Å²) in [5, 5.41) is 15.5. The van der Waals surface area contributed by atoms with Crippen LogP contribution < -0.4 is 11.0 Å². The molecule has 21 heavy (non-hydrogen) atoms. The zero-order valence-corrected chi connectivity index (χ0v) is 11.9. The number of amides is 1. The first-order valence-corrected chi connectivity index (χ1v) is 7.14. The molecule has 0 atom stereocenters. The highest BCUT2D eigenvalue weighted by Gasteiger charge is 2.09. The van der Waals surface area contributed by atoms with Crippen LogP contribution in [0.4, 0.5) is 0 Å². The molecule has 0 unspecified atom stereocenters. The van der Waals surface area contributed by atoms with Gasteiger partial charge in [0.1, 0.15) is 6.54 Å². The van der Waals surface area contributed by atoms with Gasteiger partial charge in [-0.05, 0) is 25.0 Å². The van der Waals surface area contributed by atoms with E-state index in [0.29, 0.717) is 12.2 Å². The van der Waals surface area contributed by atoms with E-state index in [0.717, 1.165) is 30.4 Å². The number of nitrogens with one attached hydrogen (secondary N) is 1. The predicted octanol–water partition coefficient (Wildman–Crippen LogP) is 0.165. The van der Waals surface area contributed by atoms with Gasteiger partial charge in [0.05, 0.1) is 0 Å². The van der Waals surface area contributed by atoms with E-state index in [1.54, 1.807) is 24.4 Å². The van der Waals surface area contributed by atoms with Crippen molar-refractivity contribution in [2.45, 2.75) is 32.2 Å². The van der Waals surface area contributed by atoms with E-state index in [1.807, 2.05) is 0 Å². The monoisotopic (exact) mass is 292 g/mol. The van der Waals surface area contributed by atoms with Gasteiger partial charge in [-0.25, -0.2) is 9.48 Å². The maximum absolute atomic E-state index is 12.0. The van der Waals surface area contributed by atoms with Gasteiger partial charge < -0.3 is 10.4 Å². The van der Waals surface area contributed by atoms with Crippen molar-refractivity contribution in [1.82, 2.24) is 19.5 Å². The molecule has 0 spiro atoms. The first kappa shape index (κ1) is 15.2. The van der Waals surface area contributed by atoms with Gasteiger partial charge in [0.2, 0.25) is 5.91 Å². The lowest BCUT2D eigenvalue weighted by atomic mass is 10.2. The SMILES string of the molecule is O=C(Cn1nc2ccccn2c1=O)NCCCCCCO. The van der Waals surface area contributed by atoms with Crippen LogP contribution in [0.1, 0.15) is 25.7 Å². The molecule has 0 saturated heterocycles. The van der Waals surface area contributed by atoms with Crippen molar-refractivity contribution < 1.29 is 9.90 Å². The number of carbonyl (C=O) groups excluding carboxylic acids is 1. The highest BCUT2D eigenvalue weighted by atomic mass is 16.3. The molecule has 2 aromatic rings. The van der Waals surface area contributed by atoms with Crippen molar-refractivity contribution in [3.05, 3.63) is 34.9 Å². The average Bonchev–Trinajstić information content (AvgIpc) is 2.80. The smallest absolute Gasteiger partial charge is 0.350 e. The van der Waals surface area contributed by atoms with Gasteiger partial charge >= 0.3 is 5.69 Å². The molecule has 0 aliphatic heterocycles. The Kier molecular flexibility index (Phi) is 5.51. The van der Waals surface area contributed by atoms with Crippen LogP contribution in [0.3, 0.4) is 0 Å². The number of aliphatic hydroxyl groups is 1. The lowest BCUT2D eigenvalue weighted by molar-refractivity contribution is -0.121. The van der Waals surface area contributed by atoms with Gasteiger partial charge in [0, 0.05) is 19.3 Å². The van der Waals surface area contributed by atoms with Gasteiger partial charge in [-0.3, -0.25) is 9.20 Å². The van der Waals surface area contributed by atoms with E-state index in [9.17, 15) is 9.59 Å². The Bertz CT molecular complexity index is 647. The summed E-state index contributed by atoms with van der Waals surface area (Å²) in [6.07, 6.45) is 5.21. The first-order valence-electron chi connectivity index (χ1n) is 7.14. The molecule has 0 bridgehead atoms. The molecule has 2 rings (SSSR count). The predicted molar refractivity (Wildman–Crippen MR) is 78.0 cm³/mol. The van der Waals surface area contributed by atoms with Gasteiger partial charge in [-0.15, -0.1) is 5.10 Å². The summed E-state index contributed by atoms with van der Waals surface area (Å²) in [4.78, 5) is 23.7. The van der Waals surface area contributed by atoms with Crippen molar-refractivity contribution in [3.8, 4) is 0 Å². The molecule has 0 saturated carbocycles. The van der Waals surface area contributed by atoms with Gasteiger partial charge in [0.25, 0.3) is 0 Å². The van der Waals surface area contributed by atoms with Crippen LogP contribution in [-0.4, -0.2) is 38.3 Å². The lowest BCUT2D eigenvalue weighted by Crippen LogP contribution is -2.33. The van der Waals surface area contributed by atoms with E-state index < -0.39 is 0 Å². The molecule has 7 heteroatoms. The van der Waals surface area contributed by atoms with E-state index in [-0.39, 0.29) is 24.7 Å². The zero-order chi connectivity index (χ0) is 15.1. The third-order valence-corrected chi connectivity index (χ3v) is 3.19. The molecule has 2 aromatic heterocycles. The zero-order valence-electron chi connectivity index (χ0n) is 11.9. The topological polar surface area (TPSA) is 88.6 Å². The van der Waals surface area contributed by atoms with Crippen molar-refractivity contribution in [3.63, 3.8) is 0 Å². The van der Waals surface area contributed by atoms with E-state index >= 15 is 0 Å². The summed E-state index contributed by atoms with van der Waals surface area (Å²) < 4.78 is 2.57. The fourth-order valence-corrected chi connectivity index (χ4v) is 2.08. The average molecular weight is 292 g/mol. The number of carbonyl (C=O) groups is 1. The third-order valence-electron chi connectivity index (χ3n) is 3.19. The molecule has 1 amide bonds. The van der Waals surface area contributed by atoms with Crippen molar-refractivity contribution in [1.29, 1.82) is 0 Å². The molecule has 0 aliphatic rings. The highest BCUT2D eigenvalue weighted by molar-refractivity contribution is 5.75. The maximum Gasteiger partial charge on any atom is 0.350 e. The lowest BCUT2D eigenvalue weighted by Gasteiger charge is -2.04. The molecule has 0 radical (unpaired) electrons. The first-order chi connectivity index (χ1) is 10.2. The number of fused-ring (bicyclic) bond motifs is 1. The molecule has 0 aromatic carbocycles. The van der Waals surface area contributed by atoms with E-state index in [2.05, 4.69) is 10.4 Å². The number of hydrogen-bond donors (Lipinski definition) is 2. The summed E-state index contributed by atoms with van der Waals surface area (Å²) in [5.74, 6) is -0.220. The molecular weight excluding hydrogens is 272 g/mol. The normalized spacial score (nSPS) is 10.9. The Labute approximate surface area is 122 Å². The number of aliphatic hydroxyl groups excluding tert-OH is 1. The number of nitrogens with zero attached hydrogens (tertiary/aromatic N) is 3. The van der Waals surface area contributed by atoms with Crippen LogP contribution in [0.2, 0.25) is 0 Å². The van der Waals surface area contributed by atoms with E-state index in [4.69, 9.17) is 5.11 Å². The summed E-state index contributed by atoms with van der Waals surface area (Å²) in [6.45, 7) is 0.715. The minimum absolute atomic E-state index is 0.0723. The molecule has 2 heterocycles. The second-order valence-corrected chi connectivity index (χ2v) is 4.86. The summed E-state index contributed by atoms with van der Waals surface area (Å²) in [7, 11) is 0. The fraction of sp³-hybridized carbons (Fsp3) is 0.500. The second kappa shape index (κ2) is 7.58. The van der Waals surface area contributed by atoms with Crippen LogP contribution in [-0.2, 0) is 11.3 Å². The second-order valence-electron chi connectivity index (χ2n) is 4.86. The Morgan fingerprint density at radius 2 is 2.05 bits per heavy atom. The van der Waals surface area contributed by atoms with Crippen molar-refractivity contribution >= 4 is 11.6 Å². The van der Waals surface area contributed by atoms with Crippen LogP contribution in [0, 0.1) is 0 Å². The summed E-state index contributed by atoms with van der Waals surface area (Å²) in [6, 6.07) is 5.25. The molecule has 0 aliphatic carbocycles. The number of hydrogen-bond acceptors (Lipinski definition) is 4. The molecule has 0 fully saturated rings. The standard InChI is InChI=1S/C14H20N4O3/c19-10-6-2-1-4-8-15-13(20)11-18-14(21)17-9-5-3-7-12(17)16-18/h3,5,7,9,19H,1-2,4,6,8,10-11H2,(H,15,20). The van der Waals surface area contributed by atoms with Gasteiger partial charge in [0.15, 0.2) is 5.65 Å². The number of rotatable bonds is 8. The van der Waals surface area contributed by atoms with Crippen LogP contribution in [0.15, 0.2) is 29.2 Å². The van der Waals surface area contributed by atoms with Crippen LogP contribution in [0.5, 0.6) is 0 Å². The van der Waals surface area contributed by atoms with Crippen molar-refractivity contribution in [2.75, 3.05) is 13.2 Å². The van der Waals surface area contributed by atoms with Gasteiger partial charge in [-0.2, -0.15) is 0 Å². The van der Waals surface area contributed by atoms with Crippen LogP contribution in [0.25, 0.3) is 5.65 Å². The van der Waals surface area contributed by atoms with E-state index in [1.165, 1.54) is 4.40 Å². The van der Waals surface area contributed by atoms with Gasteiger partial charge in [-0.1, -0.05) is 18.9 Å². The molecular formula is C14H20N4O3. The Hall–Kier alpha value is -2.15. The molecule has 2 N–H and O–H groups in total. The third kappa shape index (κ3) is 4.16. The Morgan fingerprint density at radius 3 is 2.81 bits per heavy atom. The number of pyridine rings is 1. The molecule has 114 valence electrons. The summed E-state index contributed by atoms with van der Waals surface area (Å²) >= 11 is 0. The number of unbranched alkanes of at least 4 members (excludes halogenated alkanes) is 3. The number of aromatic nitrogens is 3. The molecule has 7 nitrogen and oxygen atoms in total. The highest BCUT2D eigenvalue weighted by Crippen LogP contribution is 1.98. The Balaban J connectivity index is 1.82. The quantitative estimate of drug-likeness (QED) is 0.679. The Morgan fingerprint density at radius 1 is 1.24 bits per heavy atom. The minimum atomic E-state index is -0.316. The maximum atomic E-state index is 12.0. The minimum Gasteiger partial charge on any atom is -0.396 e. The largest absolute Gasteiger partial charge is 0.396 e. The van der Waals surface area contributed by atoms with Crippen molar-refractivity contribution in [2.24, 2.45) is 0 Å².